The van der Waals surface area contributed by atoms with Crippen molar-refractivity contribution in [3.63, 3.8) is 0 Å². The molecule has 0 fully saturated rings. The number of hydrogen-bond donors (Lipinski definition) is 1. The van der Waals surface area contributed by atoms with E-state index in [1.165, 1.54) is 7.05 Å². The van der Waals surface area contributed by atoms with Gasteiger partial charge in [-0.2, -0.15) is 0 Å². The van der Waals surface area contributed by atoms with Gasteiger partial charge >= 0.3 is 5.69 Å². The molecule has 0 atom stereocenters. The molecule has 0 aliphatic rings. The monoisotopic (exact) mass is 282 g/mol. The van der Waals surface area contributed by atoms with Gasteiger partial charge in [0.15, 0.2) is 0 Å². The fraction of sp³-hybridized carbons (Fsp3) is 0.273. The second-order valence-corrected chi connectivity index (χ2v) is 4.64. The van der Waals surface area contributed by atoms with Gasteiger partial charge in [0.2, 0.25) is 0 Å². The topological polar surface area (TPSA) is 54.9 Å². The molecule has 84 valence electrons. The molecular weight excluding hydrogens is 272 g/mol. The zero-order valence-corrected chi connectivity index (χ0v) is 10.8. The number of rotatable bonds is 0. The van der Waals surface area contributed by atoms with Crippen molar-refractivity contribution >= 4 is 26.8 Å². The predicted octanol–water partition coefficient (Wildman–Crippen LogP) is 1.61. The summed E-state index contributed by atoms with van der Waals surface area (Å²) in [5.74, 6) is 0. The highest BCUT2D eigenvalue weighted by atomic mass is 79.9. The van der Waals surface area contributed by atoms with Gasteiger partial charge in [-0.3, -0.25) is 9.36 Å². The molecule has 0 unspecified atom stereocenters. The Morgan fingerprint density at radius 3 is 2.56 bits per heavy atom. The van der Waals surface area contributed by atoms with E-state index in [0.717, 1.165) is 20.2 Å². The van der Waals surface area contributed by atoms with Crippen molar-refractivity contribution in [3.05, 3.63) is 42.5 Å². The predicted molar refractivity (Wildman–Crippen MR) is 67.0 cm³/mol. The minimum atomic E-state index is -0.401. The van der Waals surface area contributed by atoms with E-state index in [2.05, 4.69) is 20.9 Å². The molecule has 2 aromatic rings. The van der Waals surface area contributed by atoms with E-state index < -0.39 is 5.69 Å². The van der Waals surface area contributed by atoms with Gasteiger partial charge in [-0.05, 0) is 47.0 Å². The Bertz CT molecular complexity index is 698. The van der Waals surface area contributed by atoms with Gasteiger partial charge in [-0.15, -0.1) is 0 Å². The van der Waals surface area contributed by atoms with Crippen LogP contribution in [0.4, 0.5) is 0 Å². The first-order valence-electron chi connectivity index (χ1n) is 4.82. The first kappa shape index (κ1) is 11.1. The Balaban J connectivity index is 3.15. The van der Waals surface area contributed by atoms with Crippen LogP contribution >= 0.6 is 15.9 Å². The first-order valence-corrected chi connectivity index (χ1v) is 5.61. The molecule has 2 rings (SSSR count). The highest BCUT2D eigenvalue weighted by molar-refractivity contribution is 9.10. The second kappa shape index (κ2) is 3.59. The van der Waals surface area contributed by atoms with Crippen LogP contribution in [0.25, 0.3) is 10.9 Å². The molecule has 1 heterocycles. The van der Waals surface area contributed by atoms with E-state index in [1.54, 1.807) is 6.07 Å². The molecule has 0 aliphatic carbocycles. The Morgan fingerprint density at radius 1 is 1.31 bits per heavy atom. The van der Waals surface area contributed by atoms with Gasteiger partial charge in [0.05, 0.1) is 10.9 Å². The lowest BCUT2D eigenvalue weighted by Crippen LogP contribution is -2.32. The lowest BCUT2D eigenvalue weighted by atomic mass is 10.1. The second-order valence-electron chi connectivity index (χ2n) is 3.85. The third-order valence-electron chi connectivity index (χ3n) is 2.84. The largest absolute Gasteiger partial charge is 0.328 e. The molecule has 5 heteroatoms. The summed E-state index contributed by atoms with van der Waals surface area (Å²) in [5.41, 5.74) is 1.93. The van der Waals surface area contributed by atoms with E-state index in [4.69, 9.17) is 0 Å². The third kappa shape index (κ3) is 1.43. The average Bonchev–Trinajstić information content (AvgIpc) is 2.25. The summed E-state index contributed by atoms with van der Waals surface area (Å²) in [5, 5.41) is 0.525. The van der Waals surface area contributed by atoms with Crippen LogP contribution < -0.4 is 11.2 Å². The Kier molecular flexibility index (Phi) is 2.50. The van der Waals surface area contributed by atoms with E-state index in [-0.39, 0.29) is 5.56 Å². The zero-order valence-electron chi connectivity index (χ0n) is 9.22. The van der Waals surface area contributed by atoms with Crippen LogP contribution in [-0.4, -0.2) is 9.55 Å². The standard InChI is InChI=1S/C11H11BrN2O2/c1-5-4-7-9(8(12)6(5)2)13-11(16)14(3)10(7)15/h4H,1-3H3,(H,13,16). The zero-order chi connectivity index (χ0) is 12.0. The smallest absolute Gasteiger partial charge is 0.306 e. The number of aromatic nitrogens is 2. The van der Waals surface area contributed by atoms with Gasteiger partial charge in [-0.1, -0.05) is 0 Å². The quantitative estimate of drug-likeness (QED) is 0.798. The van der Waals surface area contributed by atoms with Crippen LogP contribution in [0, 0.1) is 13.8 Å². The number of nitrogens with one attached hydrogen (secondary N) is 1. The Labute approximate surface area is 100 Å². The maximum absolute atomic E-state index is 11.9. The Hall–Kier alpha value is -1.36. The molecule has 0 aliphatic heterocycles. The fourth-order valence-electron chi connectivity index (χ4n) is 1.63. The molecule has 0 radical (unpaired) electrons. The van der Waals surface area contributed by atoms with Crippen molar-refractivity contribution in [1.29, 1.82) is 0 Å². The normalized spacial score (nSPS) is 11.0. The van der Waals surface area contributed by atoms with Crippen LogP contribution in [0.15, 0.2) is 20.1 Å². The van der Waals surface area contributed by atoms with E-state index in [0.29, 0.717) is 10.9 Å². The maximum Gasteiger partial charge on any atom is 0.328 e. The van der Waals surface area contributed by atoms with Crippen molar-refractivity contribution in [1.82, 2.24) is 9.55 Å². The summed E-state index contributed by atoms with van der Waals surface area (Å²) < 4.78 is 1.85. The first-order chi connectivity index (χ1) is 7.43. The van der Waals surface area contributed by atoms with Crippen LogP contribution in [0.5, 0.6) is 0 Å². The summed E-state index contributed by atoms with van der Waals surface area (Å²) in [6, 6.07) is 1.80. The number of benzene rings is 1. The number of nitrogens with zero attached hydrogens (tertiary/aromatic N) is 1. The summed E-state index contributed by atoms with van der Waals surface area (Å²) in [6.07, 6.45) is 0. The highest BCUT2D eigenvalue weighted by Crippen LogP contribution is 2.25. The van der Waals surface area contributed by atoms with Crippen molar-refractivity contribution in [2.75, 3.05) is 0 Å². The van der Waals surface area contributed by atoms with Crippen LogP contribution in [0.3, 0.4) is 0 Å². The summed E-state index contributed by atoms with van der Waals surface area (Å²) in [7, 11) is 1.46. The fourth-order valence-corrected chi connectivity index (χ4v) is 2.26. The molecule has 0 bridgehead atoms. The molecule has 1 N–H and O–H groups in total. The van der Waals surface area contributed by atoms with Gasteiger partial charge in [-0.25, -0.2) is 4.79 Å². The number of hydrogen-bond acceptors (Lipinski definition) is 2. The van der Waals surface area contributed by atoms with Crippen molar-refractivity contribution in [2.45, 2.75) is 13.8 Å². The van der Waals surface area contributed by atoms with Crippen LogP contribution in [0.2, 0.25) is 0 Å². The molecule has 0 saturated heterocycles. The highest BCUT2D eigenvalue weighted by Gasteiger charge is 2.10. The summed E-state index contributed by atoms with van der Waals surface area (Å²) in [4.78, 5) is 26.1. The molecule has 0 amide bonds. The number of fused-ring (bicyclic) bond motifs is 1. The lowest BCUT2D eigenvalue weighted by molar-refractivity contribution is 0.793. The number of H-pyrrole nitrogens is 1. The third-order valence-corrected chi connectivity index (χ3v) is 3.83. The summed E-state index contributed by atoms with van der Waals surface area (Å²) >= 11 is 3.41. The Morgan fingerprint density at radius 2 is 1.94 bits per heavy atom. The average molecular weight is 283 g/mol. The molecule has 0 saturated carbocycles. The molecule has 1 aromatic heterocycles. The number of aromatic amines is 1. The number of halogens is 1. The van der Waals surface area contributed by atoms with Crippen LogP contribution in [-0.2, 0) is 7.05 Å². The van der Waals surface area contributed by atoms with E-state index >= 15 is 0 Å². The minimum absolute atomic E-state index is 0.275. The van der Waals surface area contributed by atoms with Crippen LogP contribution in [0.1, 0.15) is 11.1 Å². The van der Waals surface area contributed by atoms with Gasteiger partial charge in [0.25, 0.3) is 5.56 Å². The summed E-state index contributed by atoms with van der Waals surface area (Å²) in [6.45, 7) is 3.87. The van der Waals surface area contributed by atoms with Crippen molar-refractivity contribution in [2.24, 2.45) is 7.05 Å². The molecule has 1 aromatic carbocycles. The molecule has 16 heavy (non-hydrogen) atoms. The SMILES string of the molecule is Cc1cc2c(=O)n(C)c(=O)[nH]c2c(Br)c1C. The molecule has 0 spiro atoms. The lowest BCUT2D eigenvalue weighted by Gasteiger charge is -2.08. The van der Waals surface area contributed by atoms with E-state index in [1.807, 2.05) is 13.8 Å². The van der Waals surface area contributed by atoms with Gasteiger partial charge in [0, 0.05) is 11.5 Å². The van der Waals surface area contributed by atoms with Gasteiger partial charge in [0.1, 0.15) is 0 Å². The number of aryl methyl sites for hydroxylation is 1. The van der Waals surface area contributed by atoms with Crippen molar-refractivity contribution < 1.29 is 0 Å². The van der Waals surface area contributed by atoms with Crippen molar-refractivity contribution in [3.8, 4) is 0 Å². The van der Waals surface area contributed by atoms with Gasteiger partial charge < -0.3 is 4.98 Å². The minimum Gasteiger partial charge on any atom is -0.306 e. The molecular formula is C11H11BrN2O2. The maximum atomic E-state index is 11.9. The molecule has 4 nitrogen and oxygen atoms in total. The van der Waals surface area contributed by atoms with E-state index in [9.17, 15) is 9.59 Å².